The summed E-state index contributed by atoms with van der Waals surface area (Å²) in [5.74, 6) is -0.448. The third-order valence-corrected chi connectivity index (χ3v) is 5.37. The smallest absolute Gasteiger partial charge is 0.269 e. The Morgan fingerprint density at radius 3 is 2.47 bits per heavy atom. The molecule has 0 aromatic heterocycles. The van der Waals surface area contributed by atoms with Gasteiger partial charge < -0.3 is 5.32 Å². The summed E-state index contributed by atoms with van der Waals surface area (Å²) in [5.41, 5.74) is 4.70. The minimum absolute atomic E-state index is 0.0248. The van der Waals surface area contributed by atoms with E-state index in [0.717, 1.165) is 16.8 Å². The van der Waals surface area contributed by atoms with Gasteiger partial charge in [0, 0.05) is 41.4 Å². The summed E-state index contributed by atoms with van der Waals surface area (Å²) >= 11 is 0. The molecule has 0 atom stereocenters. The number of nitrogens with zero attached hydrogens (tertiary/aromatic N) is 2. The fraction of sp³-hybridized carbons (Fsp3) is 0.0741. The number of nitro benzene ring substituents is 1. The van der Waals surface area contributed by atoms with Gasteiger partial charge in [-0.1, -0.05) is 42.5 Å². The van der Waals surface area contributed by atoms with Gasteiger partial charge in [0.2, 0.25) is 5.91 Å². The predicted molar refractivity (Wildman–Crippen MR) is 131 cm³/mol. The van der Waals surface area contributed by atoms with Crippen molar-refractivity contribution in [2.24, 2.45) is 4.99 Å². The number of allylic oxidation sites excluding steroid dienone is 2. The van der Waals surface area contributed by atoms with Crippen LogP contribution in [0, 0.1) is 17.0 Å². The van der Waals surface area contributed by atoms with E-state index in [4.69, 9.17) is 0 Å². The minimum atomic E-state index is -0.445. The highest BCUT2D eigenvalue weighted by Gasteiger charge is 2.14. The highest BCUT2D eigenvalue weighted by Crippen LogP contribution is 2.21. The average Bonchev–Trinajstić information content (AvgIpc) is 3.33. The van der Waals surface area contributed by atoms with Crippen LogP contribution >= 0.6 is 0 Å². The summed E-state index contributed by atoms with van der Waals surface area (Å²) in [7, 11) is 0. The summed E-state index contributed by atoms with van der Waals surface area (Å²) in [6.45, 7) is 1.86. The molecule has 1 aliphatic heterocycles. The highest BCUT2D eigenvalue weighted by molar-refractivity contribution is 6.11. The number of aryl methyl sites for hydroxylation is 1. The van der Waals surface area contributed by atoms with Crippen molar-refractivity contribution in [1.29, 1.82) is 0 Å². The highest BCUT2D eigenvalue weighted by atomic mass is 16.6. The number of benzene rings is 3. The minimum Gasteiger partial charge on any atom is -0.322 e. The number of non-ortho nitro benzene ring substituents is 1. The van der Waals surface area contributed by atoms with Gasteiger partial charge in [0.1, 0.15) is 0 Å². The van der Waals surface area contributed by atoms with Gasteiger partial charge in [-0.2, -0.15) is 0 Å². The number of amides is 1. The van der Waals surface area contributed by atoms with E-state index in [1.807, 2.05) is 31.2 Å². The molecule has 7 heteroatoms. The lowest BCUT2D eigenvalue weighted by atomic mass is 9.98. The Kier molecular flexibility index (Phi) is 6.54. The van der Waals surface area contributed by atoms with Gasteiger partial charge in [0.25, 0.3) is 5.69 Å². The number of rotatable bonds is 7. The van der Waals surface area contributed by atoms with E-state index in [0.29, 0.717) is 28.9 Å². The van der Waals surface area contributed by atoms with Gasteiger partial charge >= 0.3 is 0 Å². The van der Waals surface area contributed by atoms with Crippen molar-refractivity contribution < 1.29 is 14.5 Å². The monoisotopic (exact) mass is 451 g/mol. The molecule has 3 aromatic carbocycles. The van der Waals surface area contributed by atoms with Crippen LogP contribution in [-0.2, 0) is 4.79 Å². The molecule has 7 nitrogen and oxygen atoms in total. The number of carbonyl (C=O) groups is 2. The van der Waals surface area contributed by atoms with Crippen LogP contribution < -0.4 is 5.32 Å². The van der Waals surface area contributed by atoms with Gasteiger partial charge in [0.15, 0.2) is 5.78 Å². The van der Waals surface area contributed by atoms with Crippen LogP contribution in [-0.4, -0.2) is 22.3 Å². The van der Waals surface area contributed by atoms with Crippen molar-refractivity contribution in [3.8, 4) is 0 Å². The molecule has 0 aliphatic carbocycles. The number of carbonyl (C=O) groups excluding carboxylic acids is 2. The average molecular weight is 451 g/mol. The Hall–Kier alpha value is -4.65. The lowest BCUT2D eigenvalue weighted by molar-refractivity contribution is -0.384. The number of nitro groups is 1. The Morgan fingerprint density at radius 1 is 1.03 bits per heavy atom. The topological polar surface area (TPSA) is 102 Å². The quantitative estimate of drug-likeness (QED) is 0.225. The third kappa shape index (κ3) is 5.21. The molecule has 0 fully saturated rings. The van der Waals surface area contributed by atoms with E-state index in [1.54, 1.807) is 48.5 Å². The van der Waals surface area contributed by atoms with E-state index in [1.165, 1.54) is 18.2 Å². The maximum atomic E-state index is 12.8. The molecule has 0 saturated carbocycles. The SMILES string of the molecule is Cc1ccc(NC(=O)/C=C/C2=CCC(c3ccc([N+](=O)[O-])cc3)=N2)cc1C(=O)c1ccccc1. The second kappa shape index (κ2) is 9.87. The summed E-state index contributed by atoms with van der Waals surface area (Å²) in [4.78, 5) is 40.1. The largest absolute Gasteiger partial charge is 0.322 e. The fourth-order valence-corrected chi connectivity index (χ4v) is 3.55. The summed E-state index contributed by atoms with van der Waals surface area (Å²) in [6, 6.07) is 20.4. The van der Waals surface area contributed by atoms with E-state index >= 15 is 0 Å². The number of hydrogen-bond acceptors (Lipinski definition) is 5. The van der Waals surface area contributed by atoms with Crippen LogP contribution in [0.2, 0.25) is 0 Å². The second-order valence-corrected chi connectivity index (χ2v) is 7.74. The number of nitrogens with one attached hydrogen (secondary N) is 1. The van der Waals surface area contributed by atoms with Crippen molar-refractivity contribution in [3.63, 3.8) is 0 Å². The molecule has 4 rings (SSSR count). The standard InChI is InChI=1S/C27H21N3O4/c1-18-7-10-22(17-24(18)27(32)20-5-3-2-4-6-20)29-26(31)16-12-21-11-15-25(28-21)19-8-13-23(14-9-19)30(33)34/h2-14,16-17H,15H2,1H3,(H,29,31)/b16-12+. The first-order chi connectivity index (χ1) is 16.4. The van der Waals surface area contributed by atoms with Gasteiger partial charge in [-0.3, -0.25) is 24.7 Å². The van der Waals surface area contributed by atoms with Gasteiger partial charge in [0.05, 0.1) is 16.3 Å². The predicted octanol–water partition coefficient (Wildman–Crippen LogP) is 5.41. The zero-order valence-electron chi connectivity index (χ0n) is 18.4. The second-order valence-electron chi connectivity index (χ2n) is 7.74. The maximum absolute atomic E-state index is 12.8. The van der Waals surface area contributed by atoms with Gasteiger partial charge in [-0.05, 0) is 48.4 Å². The van der Waals surface area contributed by atoms with Crippen molar-refractivity contribution >= 4 is 28.8 Å². The summed E-state index contributed by atoms with van der Waals surface area (Å²) < 4.78 is 0. The summed E-state index contributed by atoms with van der Waals surface area (Å²) in [5, 5.41) is 13.6. The number of hydrogen-bond donors (Lipinski definition) is 1. The molecule has 0 spiro atoms. The van der Waals surface area contributed by atoms with E-state index in [2.05, 4.69) is 10.3 Å². The van der Waals surface area contributed by atoms with Crippen LogP contribution in [0.5, 0.6) is 0 Å². The van der Waals surface area contributed by atoms with E-state index in [9.17, 15) is 19.7 Å². The normalized spacial score (nSPS) is 12.9. The first-order valence-corrected chi connectivity index (χ1v) is 10.6. The zero-order chi connectivity index (χ0) is 24.1. The summed E-state index contributed by atoms with van der Waals surface area (Å²) in [6.07, 6.45) is 5.44. The van der Waals surface area contributed by atoms with Crippen molar-refractivity contribution in [2.75, 3.05) is 5.32 Å². The molecule has 1 N–H and O–H groups in total. The Balaban J connectivity index is 1.41. The molecule has 34 heavy (non-hydrogen) atoms. The first-order valence-electron chi connectivity index (χ1n) is 10.6. The molecule has 0 saturated heterocycles. The van der Waals surface area contributed by atoms with Gasteiger partial charge in [-0.25, -0.2) is 0 Å². The van der Waals surface area contributed by atoms with E-state index < -0.39 is 4.92 Å². The maximum Gasteiger partial charge on any atom is 0.269 e. The number of ketones is 1. The van der Waals surface area contributed by atoms with Gasteiger partial charge in [-0.15, -0.1) is 0 Å². The third-order valence-electron chi connectivity index (χ3n) is 5.37. The zero-order valence-corrected chi connectivity index (χ0v) is 18.4. The fourth-order valence-electron chi connectivity index (χ4n) is 3.55. The molecule has 168 valence electrons. The lowest BCUT2D eigenvalue weighted by Crippen LogP contribution is -2.10. The molecule has 3 aromatic rings. The van der Waals surface area contributed by atoms with Crippen LogP contribution in [0.15, 0.2) is 102 Å². The van der Waals surface area contributed by atoms with Crippen LogP contribution in [0.3, 0.4) is 0 Å². The Labute approximate surface area is 196 Å². The number of aliphatic imine (C=N–C) groups is 1. The molecule has 1 amide bonds. The Morgan fingerprint density at radius 2 is 1.76 bits per heavy atom. The van der Waals surface area contributed by atoms with Crippen molar-refractivity contribution in [3.05, 3.63) is 129 Å². The van der Waals surface area contributed by atoms with Crippen LogP contribution in [0.4, 0.5) is 11.4 Å². The molecule has 0 unspecified atom stereocenters. The molecule has 0 bridgehead atoms. The Bertz CT molecular complexity index is 1350. The molecular formula is C27H21N3O4. The van der Waals surface area contributed by atoms with Crippen molar-refractivity contribution in [2.45, 2.75) is 13.3 Å². The molecule has 0 radical (unpaired) electrons. The lowest BCUT2D eigenvalue weighted by Gasteiger charge is -2.09. The van der Waals surface area contributed by atoms with E-state index in [-0.39, 0.29) is 17.4 Å². The van der Waals surface area contributed by atoms with Crippen LogP contribution in [0.1, 0.15) is 33.5 Å². The molecule has 1 aliphatic rings. The van der Waals surface area contributed by atoms with Crippen molar-refractivity contribution in [1.82, 2.24) is 0 Å². The van der Waals surface area contributed by atoms with Crippen LogP contribution in [0.25, 0.3) is 0 Å². The molecule has 1 heterocycles. The first kappa shape index (κ1) is 22.5. The number of anilines is 1. The molecular weight excluding hydrogens is 430 g/mol.